The zero-order chi connectivity index (χ0) is 11.5. The zero-order valence-corrected chi connectivity index (χ0v) is 10.0. The maximum atomic E-state index is 12.0. The predicted octanol–water partition coefficient (Wildman–Crippen LogP) is 2.07. The molecule has 16 heavy (non-hydrogen) atoms. The van der Waals surface area contributed by atoms with Gasteiger partial charge >= 0.3 is 0 Å². The van der Waals surface area contributed by atoms with Crippen LogP contribution in [-0.4, -0.2) is 34.9 Å². The van der Waals surface area contributed by atoms with Gasteiger partial charge in [0.25, 0.3) is 5.91 Å². The average molecular weight is 243 g/mol. The van der Waals surface area contributed by atoms with Crippen molar-refractivity contribution in [3.05, 3.63) is 17.5 Å². The van der Waals surface area contributed by atoms with E-state index < -0.39 is 0 Å². The topological polar surface area (TPSA) is 46.3 Å². The van der Waals surface area contributed by atoms with Crippen LogP contribution in [0, 0.1) is 12.8 Å². The molecule has 1 saturated heterocycles. The molecule has 0 saturated carbocycles. The summed E-state index contributed by atoms with van der Waals surface area (Å²) in [5.74, 6) is 1.83. The van der Waals surface area contributed by atoms with Crippen molar-refractivity contribution in [3.63, 3.8) is 0 Å². The lowest BCUT2D eigenvalue weighted by molar-refractivity contribution is 0.0776. The van der Waals surface area contributed by atoms with Gasteiger partial charge < -0.3 is 9.42 Å². The van der Waals surface area contributed by atoms with Crippen LogP contribution in [0.25, 0.3) is 0 Å². The van der Waals surface area contributed by atoms with E-state index in [4.69, 9.17) is 16.1 Å². The van der Waals surface area contributed by atoms with Gasteiger partial charge in [0.2, 0.25) is 0 Å². The minimum Gasteiger partial charge on any atom is -0.361 e. The zero-order valence-electron chi connectivity index (χ0n) is 9.28. The van der Waals surface area contributed by atoms with Crippen LogP contribution in [0.4, 0.5) is 0 Å². The third-order valence-electron chi connectivity index (χ3n) is 2.94. The van der Waals surface area contributed by atoms with Gasteiger partial charge in [0.05, 0.1) is 0 Å². The summed E-state index contributed by atoms with van der Waals surface area (Å²) in [4.78, 5) is 13.8. The monoisotopic (exact) mass is 242 g/mol. The number of likely N-dealkylation sites (tertiary alicyclic amines) is 1. The van der Waals surface area contributed by atoms with Crippen LogP contribution in [0.3, 0.4) is 0 Å². The van der Waals surface area contributed by atoms with Gasteiger partial charge in [-0.1, -0.05) is 5.16 Å². The molecule has 0 aliphatic carbocycles. The molecule has 0 radical (unpaired) electrons. The number of aryl methyl sites for hydroxylation is 1. The van der Waals surface area contributed by atoms with E-state index in [-0.39, 0.29) is 5.91 Å². The van der Waals surface area contributed by atoms with Crippen LogP contribution in [0.1, 0.15) is 29.1 Å². The van der Waals surface area contributed by atoms with E-state index >= 15 is 0 Å². The first-order chi connectivity index (χ1) is 7.70. The van der Waals surface area contributed by atoms with Crippen molar-refractivity contribution in [2.45, 2.75) is 19.8 Å². The molecule has 1 aliphatic rings. The summed E-state index contributed by atoms with van der Waals surface area (Å²) in [6, 6.07) is 1.68. The van der Waals surface area contributed by atoms with Crippen molar-refractivity contribution < 1.29 is 9.32 Å². The number of carbonyl (C=O) groups is 1. The molecule has 88 valence electrons. The highest BCUT2D eigenvalue weighted by molar-refractivity contribution is 6.17. The Bertz CT molecular complexity index is 378. The summed E-state index contributed by atoms with van der Waals surface area (Å²) in [6.45, 7) is 3.37. The molecule has 1 aromatic heterocycles. The van der Waals surface area contributed by atoms with E-state index in [0.29, 0.717) is 23.3 Å². The molecular formula is C11H15ClN2O2. The molecule has 1 amide bonds. The van der Waals surface area contributed by atoms with Crippen LogP contribution in [-0.2, 0) is 0 Å². The van der Waals surface area contributed by atoms with Crippen LogP contribution in [0.5, 0.6) is 0 Å². The van der Waals surface area contributed by atoms with Gasteiger partial charge in [-0.05, 0) is 25.7 Å². The summed E-state index contributed by atoms with van der Waals surface area (Å²) >= 11 is 5.70. The maximum absolute atomic E-state index is 12.0. The Labute approximate surface area is 99.5 Å². The predicted molar refractivity (Wildman–Crippen MR) is 60.6 cm³/mol. The van der Waals surface area contributed by atoms with Gasteiger partial charge in [0, 0.05) is 25.0 Å². The second-order valence-electron chi connectivity index (χ2n) is 4.21. The molecule has 0 spiro atoms. The standard InChI is InChI=1S/C11H15ClN2O2/c1-8-6-10(13-16-8)11(15)14-5-3-9(7-14)2-4-12/h6,9H,2-5,7H2,1H3. The van der Waals surface area contributed by atoms with Crippen LogP contribution in [0.2, 0.25) is 0 Å². The highest BCUT2D eigenvalue weighted by Gasteiger charge is 2.27. The summed E-state index contributed by atoms with van der Waals surface area (Å²) in [7, 11) is 0. The normalized spacial score (nSPS) is 20.4. The number of amides is 1. The number of hydrogen-bond acceptors (Lipinski definition) is 3. The SMILES string of the molecule is Cc1cc(C(=O)N2CCC(CCCl)C2)no1. The van der Waals surface area contributed by atoms with E-state index in [0.717, 1.165) is 25.9 Å². The maximum Gasteiger partial charge on any atom is 0.276 e. The molecule has 1 aromatic rings. The number of aromatic nitrogens is 1. The first-order valence-electron chi connectivity index (χ1n) is 5.49. The van der Waals surface area contributed by atoms with Crippen LogP contribution < -0.4 is 0 Å². The Balaban J connectivity index is 1.97. The fraction of sp³-hybridized carbons (Fsp3) is 0.636. The Morgan fingerprint density at radius 3 is 3.19 bits per heavy atom. The van der Waals surface area contributed by atoms with Crippen molar-refractivity contribution in [1.29, 1.82) is 0 Å². The summed E-state index contributed by atoms with van der Waals surface area (Å²) < 4.78 is 4.90. The second kappa shape index (κ2) is 4.87. The number of carbonyl (C=O) groups excluding carboxylic acids is 1. The minimum atomic E-state index is -0.0334. The van der Waals surface area contributed by atoms with E-state index in [1.807, 2.05) is 4.90 Å². The molecule has 1 fully saturated rings. The Morgan fingerprint density at radius 1 is 1.75 bits per heavy atom. The van der Waals surface area contributed by atoms with Crippen LogP contribution >= 0.6 is 11.6 Å². The first kappa shape index (κ1) is 11.5. The lowest BCUT2D eigenvalue weighted by atomic mass is 10.1. The summed E-state index contributed by atoms with van der Waals surface area (Å²) in [5, 5.41) is 3.74. The van der Waals surface area contributed by atoms with Crippen molar-refractivity contribution in [2.24, 2.45) is 5.92 Å². The lowest BCUT2D eigenvalue weighted by Gasteiger charge is -2.14. The molecule has 2 heterocycles. The second-order valence-corrected chi connectivity index (χ2v) is 4.58. The average Bonchev–Trinajstić information content (AvgIpc) is 2.87. The molecule has 1 aliphatic heterocycles. The van der Waals surface area contributed by atoms with Gasteiger partial charge in [-0.15, -0.1) is 11.6 Å². The quantitative estimate of drug-likeness (QED) is 0.763. The van der Waals surface area contributed by atoms with Crippen molar-refractivity contribution in [2.75, 3.05) is 19.0 Å². The number of nitrogens with zero attached hydrogens (tertiary/aromatic N) is 2. The fourth-order valence-electron chi connectivity index (χ4n) is 2.04. The Kier molecular flexibility index (Phi) is 3.49. The molecular weight excluding hydrogens is 228 g/mol. The minimum absolute atomic E-state index is 0.0334. The largest absolute Gasteiger partial charge is 0.361 e. The van der Waals surface area contributed by atoms with E-state index in [9.17, 15) is 4.79 Å². The van der Waals surface area contributed by atoms with Gasteiger partial charge in [-0.25, -0.2) is 0 Å². The van der Waals surface area contributed by atoms with Crippen molar-refractivity contribution in [3.8, 4) is 0 Å². The smallest absolute Gasteiger partial charge is 0.276 e. The molecule has 2 rings (SSSR count). The van der Waals surface area contributed by atoms with Crippen LogP contribution in [0.15, 0.2) is 10.6 Å². The third-order valence-corrected chi connectivity index (χ3v) is 3.16. The molecule has 4 nitrogen and oxygen atoms in total. The molecule has 5 heteroatoms. The number of hydrogen-bond donors (Lipinski definition) is 0. The fourth-order valence-corrected chi connectivity index (χ4v) is 2.34. The van der Waals surface area contributed by atoms with Gasteiger partial charge in [-0.3, -0.25) is 4.79 Å². The highest BCUT2D eigenvalue weighted by atomic mass is 35.5. The molecule has 1 atom stereocenters. The first-order valence-corrected chi connectivity index (χ1v) is 6.02. The van der Waals surface area contributed by atoms with Gasteiger partial charge in [0.1, 0.15) is 5.76 Å². The van der Waals surface area contributed by atoms with E-state index in [1.54, 1.807) is 13.0 Å². The van der Waals surface area contributed by atoms with Crippen molar-refractivity contribution >= 4 is 17.5 Å². The Morgan fingerprint density at radius 2 is 2.56 bits per heavy atom. The van der Waals surface area contributed by atoms with Gasteiger partial charge in [-0.2, -0.15) is 0 Å². The lowest BCUT2D eigenvalue weighted by Crippen LogP contribution is -2.28. The number of halogens is 1. The summed E-state index contributed by atoms with van der Waals surface area (Å²) in [5.41, 5.74) is 0.407. The van der Waals surface area contributed by atoms with E-state index in [2.05, 4.69) is 5.16 Å². The van der Waals surface area contributed by atoms with E-state index in [1.165, 1.54) is 0 Å². The molecule has 0 bridgehead atoms. The molecule has 0 N–H and O–H groups in total. The molecule has 0 aromatic carbocycles. The highest BCUT2D eigenvalue weighted by Crippen LogP contribution is 2.21. The van der Waals surface area contributed by atoms with Gasteiger partial charge in [0.15, 0.2) is 5.69 Å². The number of alkyl halides is 1. The third kappa shape index (κ3) is 2.38. The van der Waals surface area contributed by atoms with Crippen molar-refractivity contribution in [1.82, 2.24) is 10.1 Å². The molecule has 1 unspecified atom stereocenters. The Hall–Kier alpha value is -1.03. The summed E-state index contributed by atoms with van der Waals surface area (Å²) in [6.07, 6.45) is 2.01. The number of rotatable bonds is 3.